The second-order valence-electron chi connectivity index (χ2n) is 6.71. The predicted molar refractivity (Wildman–Crippen MR) is 110 cm³/mol. The molecule has 1 heterocycles. The van der Waals surface area contributed by atoms with Crippen molar-refractivity contribution in [2.75, 3.05) is 24.6 Å². The molecule has 1 amide bonds. The minimum Gasteiger partial charge on any atom is -0.370 e. The Kier molecular flexibility index (Phi) is 8.77. The fraction of sp³-hybridized carbons (Fsp3) is 0.579. The highest BCUT2D eigenvalue weighted by Crippen LogP contribution is 2.23. The minimum absolute atomic E-state index is 0.0877. The van der Waals surface area contributed by atoms with Crippen LogP contribution in [0.4, 0.5) is 0 Å². The van der Waals surface area contributed by atoms with Crippen molar-refractivity contribution in [3.63, 3.8) is 0 Å². The van der Waals surface area contributed by atoms with Gasteiger partial charge < -0.3 is 22.1 Å². The van der Waals surface area contributed by atoms with Crippen LogP contribution in [0.5, 0.6) is 0 Å². The fourth-order valence-corrected chi connectivity index (χ4v) is 4.40. The molecule has 6 N–H and O–H groups in total. The zero-order valence-electron chi connectivity index (χ0n) is 15.3. The van der Waals surface area contributed by atoms with Crippen LogP contribution in [0.1, 0.15) is 31.2 Å². The molecule has 2 rings (SSSR count). The van der Waals surface area contributed by atoms with E-state index in [-0.39, 0.29) is 11.9 Å². The zero-order chi connectivity index (χ0) is 18.8. The molecule has 144 valence electrons. The van der Waals surface area contributed by atoms with Crippen LogP contribution in [0, 0.1) is 0 Å². The fourth-order valence-electron chi connectivity index (χ4n) is 3.21. The first-order chi connectivity index (χ1) is 12.6. The number of unbranched alkanes of at least 4 members (excludes halogenated alkanes) is 1. The van der Waals surface area contributed by atoms with Crippen LogP contribution in [0.25, 0.3) is 0 Å². The van der Waals surface area contributed by atoms with Crippen molar-refractivity contribution in [3.8, 4) is 0 Å². The summed E-state index contributed by atoms with van der Waals surface area (Å²) in [6.45, 7) is 1.52. The smallest absolute Gasteiger partial charge is 0.240 e. The van der Waals surface area contributed by atoms with E-state index in [1.54, 1.807) is 0 Å². The molecule has 0 unspecified atom stereocenters. The van der Waals surface area contributed by atoms with Crippen LogP contribution in [0.3, 0.4) is 0 Å². The Morgan fingerprint density at radius 2 is 2.04 bits per heavy atom. The molecular weight excluding hydrogens is 346 g/mol. The zero-order valence-corrected chi connectivity index (χ0v) is 16.2. The lowest BCUT2D eigenvalue weighted by molar-refractivity contribution is -0.133. The Balaban J connectivity index is 1.71. The molecule has 1 aromatic rings. The van der Waals surface area contributed by atoms with E-state index in [4.69, 9.17) is 17.2 Å². The van der Waals surface area contributed by atoms with Crippen LogP contribution in [-0.2, 0) is 11.2 Å². The summed E-state index contributed by atoms with van der Waals surface area (Å²) in [4.78, 5) is 18.7. The van der Waals surface area contributed by atoms with E-state index in [1.165, 1.54) is 0 Å². The van der Waals surface area contributed by atoms with Gasteiger partial charge in [0.2, 0.25) is 5.91 Å². The number of aliphatic imine (C=N–C) groups is 1. The molecule has 1 aliphatic heterocycles. The minimum atomic E-state index is -0.456. The van der Waals surface area contributed by atoms with Crippen LogP contribution >= 0.6 is 11.8 Å². The van der Waals surface area contributed by atoms with Crippen molar-refractivity contribution in [2.45, 2.75) is 44.2 Å². The number of amides is 1. The second kappa shape index (κ2) is 11.1. The molecule has 6 nitrogen and oxygen atoms in total. The van der Waals surface area contributed by atoms with E-state index in [0.29, 0.717) is 19.0 Å². The number of likely N-dealkylation sites (tertiary alicyclic amines) is 1. The summed E-state index contributed by atoms with van der Waals surface area (Å²) in [6.07, 6.45) is 4.81. The van der Waals surface area contributed by atoms with Gasteiger partial charge in [0.05, 0.1) is 6.04 Å². The van der Waals surface area contributed by atoms with Gasteiger partial charge in [0.15, 0.2) is 5.96 Å². The molecule has 0 aromatic heterocycles. The summed E-state index contributed by atoms with van der Waals surface area (Å²) in [5.41, 5.74) is 17.9. The number of benzene rings is 1. The topological polar surface area (TPSA) is 111 Å². The maximum absolute atomic E-state index is 12.8. The van der Waals surface area contributed by atoms with Crippen LogP contribution in [0.15, 0.2) is 35.3 Å². The lowest BCUT2D eigenvalue weighted by Gasteiger charge is -2.27. The third kappa shape index (κ3) is 6.88. The van der Waals surface area contributed by atoms with Gasteiger partial charge >= 0.3 is 0 Å². The van der Waals surface area contributed by atoms with Crippen LogP contribution in [0.2, 0.25) is 0 Å². The van der Waals surface area contributed by atoms with Gasteiger partial charge in [-0.3, -0.25) is 9.79 Å². The van der Waals surface area contributed by atoms with Crippen molar-refractivity contribution in [2.24, 2.45) is 22.2 Å². The normalized spacial score (nSPS) is 17.9. The molecule has 1 aromatic carbocycles. The molecule has 1 saturated heterocycles. The molecular formula is C19H31N5OS. The molecule has 0 spiro atoms. The highest BCUT2D eigenvalue weighted by Gasteiger charge is 2.31. The third-order valence-corrected chi connectivity index (χ3v) is 5.78. The number of carbonyl (C=O) groups excluding carboxylic acids is 1. The van der Waals surface area contributed by atoms with Crippen molar-refractivity contribution in [1.82, 2.24) is 4.90 Å². The van der Waals surface area contributed by atoms with E-state index in [9.17, 15) is 4.79 Å². The molecule has 0 radical (unpaired) electrons. The summed E-state index contributed by atoms with van der Waals surface area (Å²) in [7, 11) is 0. The maximum Gasteiger partial charge on any atom is 0.240 e. The Labute approximate surface area is 160 Å². The third-order valence-electron chi connectivity index (χ3n) is 4.58. The maximum atomic E-state index is 12.8. The average Bonchev–Trinajstić information content (AvgIpc) is 3.09. The van der Waals surface area contributed by atoms with Gasteiger partial charge in [-0.05, 0) is 43.4 Å². The molecule has 0 bridgehead atoms. The summed E-state index contributed by atoms with van der Waals surface area (Å²) in [6, 6.07) is 9.83. The quantitative estimate of drug-likeness (QED) is 0.324. The summed E-state index contributed by atoms with van der Waals surface area (Å²) in [5, 5.41) is 0. The molecule has 0 aliphatic carbocycles. The lowest BCUT2D eigenvalue weighted by atomic mass is 10.1. The van der Waals surface area contributed by atoms with E-state index in [0.717, 1.165) is 49.3 Å². The molecule has 2 atom stereocenters. The second-order valence-corrected chi connectivity index (χ2v) is 7.86. The number of nitrogens with zero attached hydrogens (tertiary/aromatic N) is 2. The Morgan fingerprint density at radius 1 is 1.27 bits per heavy atom. The first-order valence-electron chi connectivity index (χ1n) is 9.31. The largest absolute Gasteiger partial charge is 0.370 e. The Morgan fingerprint density at radius 3 is 2.77 bits per heavy atom. The van der Waals surface area contributed by atoms with Gasteiger partial charge in [-0.1, -0.05) is 30.3 Å². The highest BCUT2D eigenvalue weighted by atomic mass is 32.2. The first-order valence-corrected chi connectivity index (χ1v) is 10.5. The van der Waals surface area contributed by atoms with Crippen LogP contribution in [-0.4, -0.2) is 53.4 Å². The monoisotopic (exact) mass is 377 g/mol. The lowest BCUT2D eigenvalue weighted by Crippen LogP contribution is -2.47. The van der Waals surface area contributed by atoms with Gasteiger partial charge in [-0.25, -0.2) is 0 Å². The van der Waals surface area contributed by atoms with E-state index in [1.807, 2.05) is 47.0 Å². The molecule has 0 saturated carbocycles. The van der Waals surface area contributed by atoms with Gasteiger partial charge in [0.25, 0.3) is 0 Å². The molecule has 1 fully saturated rings. The summed E-state index contributed by atoms with van der Waals surface area (Å²) < 4.78 is 0. The predicted octanol–water partition coefficient (Wildman–Crippen LogP) is 1.33. The summed E-state index contributed by atoms with van der Waals surface area (Å²) >= 11 is 1.90. The number of thioether (sulfide) groups is 1. The van der Waals surface area contributed by atoms with E-state index >= 15 is 0 Å². The SMILES string of the molecule is NC(N)=NCCCCSC[C@H]1CCCN1C(=O)[C@@H](N)Cc1ccccc1. The number of guanidine groups is 1. The average molecular weight is 378 g/mol. The van der Waals surface area contributed by atoms with Crippen molar-refractivity contribution in [3.05, 3.63) is 35.9 Å². The Bertz CT molecular complexity index is 577. The number of nitrogens with two attached hydrogens (primary N) is 3. The molecule has 26 heavy (non-hydrogen) atoms. The number of hydrogen-bond acceptors (Lipinski definition) is 4. The Hall–Kier alpha value is -1.73. The standard InChI is InChI=1S/C19H31N5OS/c20-17(13-15-7-2-1-3-8-15)18(25)24-11-6-9-16(24)14-26-12-5-4-10-23-19(21)22/h1-3,7-8,16-17H,4-6,9-14,20H2,(H4,21,22,23)/t16-,17+/m1/s1. The molecule has 7 heteroatoms. The van der Waals surface area contributed by atoms with Crippen molar-refractivity contribution >= 4 is 23.6 Å². The van der Waals surface area contributed by atoms with Crippen molar-refractivity contribution in [1.29, 1.82) is 0 Å². The number of carbonyl (C=O) groups is 1. The van der Waals surface area contributed by atoms with E-state index in [2.05, 4.69) is 4.99 Å². The van der Waals surface area contributed by atoms with Crippen molar-refractivity contribution < 1.29 is 4.79 Å². The van der Waals surface area contributed by atoms with E-state index < -0.39 is 6.04 Å². The number of hydrogen-bond donors (Lipinski definition) is 3. The van der Waals surface area contributed by atoms with Gasteiger partial charge in [-0.2, -0.15) is 11.8 Å². The first kappa shape index (κ1) is 20.6. The summed E-state index contributed by atoms with van der Waals surface area (Å²) in [5.74, 6) is 2.29. The highest BCUT2D eigenvalue weighted by molar-refractivity contribution is 7.99. The number of rotatable bonds is 10. The molecule has 1 aliphatic rings. The van der Waals surface area contributed by atoms with Gasteiger partial charge in [0.1, 0.15) is 0 Å². The van der Waals surface area contributed by atoms with Crippen LogP contribution < -0.4 is 17.2 Å². The van der Waals surface area contributed by atoms with Gasteiger partial charge in [0, 0.05) is 24.9 Å². The van der Waals surface area contributed by atoms with Gasteiger partial charge in [-0.15, -0.1) is 0 Å².